The number of carboxylic acid groups (broad SMARTS) is 1. The van der Waals surface area contributed by atoms with Crippen molar-refractivity contribution < 1.29 is 14.7 Å². The highest BCUT2D eigenvalue weighted by molar-refractivity contribution is 7.18. The van der Waals surface area contributed by atoms with Crippen LogP contribution < -0.4 is 4.90 Å². The van der Waals surface area contributed by atoms with Crippen LogP contribution in [0.4, 0.5) is 5.69 Å². The Bertz CT molecular complexity index is 748. The first kappa shape index (κ1) is 17.7. The van der Waals surface area contributed by atoms with Gasteiger partial charge in [0.15, 0.2) is 0 Å². The number of carbonyl (C=O) groups excluding carboxylic acids is 1. The Morgan fingerprint density at radius 1 is 1.20 bits per heavy atom. The highest BCUT2D eigenvalue weighted by Crippen LogP contribution is 2.37. The molecule has 1 aliphatic rings. The first-order valence-corrected chi connectivity index (χ1v) is 9.57. The molecule has 5 heteroatoms. The SMILES string of the molecule is CN(C(=O)CCC1CCCC1)c1cc(-c2ccccc2)sc1C(=O)O. The maximum absolute atomic E-state index is 12.6. The summed E-state index contributed by atoms with van der Waals surface area (Å²) in [5.41, 5.74) is 1.46. The summed E-state index contributed by atoms with van der Waals surface area (Å²) in [7, 11) is 1.68. The molecule has 0 unspecified atom stereocenters. The molecule has 1 N–H and O–H groups in total. The molecule has 25 heavy (non-hydrogen) atoms. The topological polar surface area (TPSA) is 57.6 Å². The van der Waals surface area contributed by atoms with E-state index in [1.165, 1.54) is 41.9 Å². The molecule has 1 aromatic carbocycles. The molecule has 3 rings (SSSR count). The molecule has 0 saturated heterocycles. The number of hydrogen-bond donors (Lipinski definition) is 1. The molecule has 2 aromatic rings. The average molecular weight is 357 g/mol. The minimum atomic E-state index is -0.988. The molecular formula is C20H23NO3S. The summed E-state index contributed by atoms with van der Waals surface area (Å²) in [6.45, 7) is 0. The van der Waals surface area contributed by atoms with Crippen LogP contribution in [0.3, 0.4) is 0 Å². The third kappa shape index (κ3) is 4.10. The van der Waals surface area contributed by atoms with Crippen molar-refractivity contribution in [3.8, 4) is 10.4 Å². The number of benzene rings is 1. The minimum Gasteiger partial charge on any atom is -0.477 e. The molecule has 1 saturated carbocycles. The van der Waals surface area contributed by atoms with Crippen molar-refractivity contribution in [3.63, 3.8) is 0 Å². The van der Waals surface area contributed by atoms with Gasteiger partial charge in [-0.05, 0) is 24.0 Å². The third-order valence-corrected chi connectivity index (χ3v) is 6.10. The van der Waals surface area contributed by atoms with Gasteiger partial charge in [0.2, 0.25) is 5.91 Å². The Hall–Kier alpha value is -2.14. The molecule has 0 aliphatic heterocycles. The number of thiophene rings is 1. The van der Waals surface area contributed by atoms with E-state index in [4.69, 9.17) is 0 Å². The van der Waals surface area contributed by atoms with Crippen LogP contribution in [0.15, 0.2) is 36.4 Å². The second kappa shape index (κ2) is 7.83. The second-order valence-electron chi connectivity index (χ2n) is 6.64. The number of hydrogen-bond acceptors (Lipinski definition) is 3. The quantitative estimate of drug-likeness (QED) is 0.787. The van der Waals surface area contributed by atoms with Crippen molar-refractivity contribution in [2.75, 3.05) is 11.9 Å². The number of nitrogens with zero attached hydrogens (tertiary/aromatic N) is 1. The molecule has 1 aliphatic carbocycles. The highest BCUT2D eigenvalue weighted by atomic mass is 32.1. The van der Waals surface area contributed by atoms with Gasteiger partial charge in [0, 0.05) is 18.3 Å². The third-order valence-electron chi connectivity index (χ3n) is 4.94. The first-order valence-electron chi connectivity index (χ1n) is 8.75. The van der Waals surface area contributed by atoms with Crippen LogP contribution in [-0.2, 0) is 4.79 Å². The van der Waals surface area contributed by atoms with Crippen LogP contribution in [0, 0.1) is 5.92 Å². The lowest BCUT2D eigenvalue weighted by Crippen LogP contribution is -2.27. The van der Waals surface area contributed by atoms with Gasteiger partial charge in [-0.2, -0.15) is 0 Å². The Morgan fingerprint density at radius 3 is 2.52 bits per heavy atom. The lowest BCUT2D eigenvalue weighted by Gasteiger charge is -2.18. The molecule has 1 fully saturated rings. The van der Waals surface area contributed by atoms with Gasteiger partial charge in [-0.3, -0.25) is 4.79 Å². The van der Waals surface area contributed by atoms with Gasteiger partial charge in [0.05, 0.1) is 5.69 Å². The Balaban J connectivity index is 1.78. The zero-order chi connectivity index (χ0) is 17.8. The van der Waals surface area contributed by atoms with Crippen LogP contribution in [0.1, 0.15) is 48.2 Å². The Kier molecular flexibility index (Phi) is 5.53. The molecule has 0 bridgehead atoms. The van der Waals surface area contributed by atoms with Crippen molar-refractivity contribution in [2.45, 2.75) is 38.5 Å². The fraction of sp³-hybridized carbons (Fsp3) is 0.400. The molecular weight excluding hydrogens is 334 g/mol. The predicted octanol–water partition coefficient (Wildman–Crippen LogP) is 5.05. The molecule has 4 nitrogen and oxygen atoms in total. The van der Waals surface area contributed by atoms with Crippen LogP contribution >= 0.6 is 11.3 Å². The van der Waals surface area contributed by atoms with Crippen LogP contribution in [-0.4, -0.2) is 24.0 Å². The number of anilines is 1. The number of carboxylic acids is 1. The van der Waals surface area contributed by atoms with E-state index in [9.17, 15) is 14.7 Å². The molecule has 132 valence electrons. The molecule has 0 atom stereocenters. The summed E-state index contributed by atoms with van der Waals surface area (Å²) < 4.78 is 0. The van der Waals surface area contributed by atoms with E-state index in [0.29, 0.717) is 18.0 Å². The summed E-state index contributed by atoms with van der Waals surface area (Å²) >= 11 is 1.22. The first-order chi connectivity index (χ1) is 12.1. The van der Waals surface area contributed by atoms with E-state index in [1.54, 1.807) is 7.05 Å². The van der Waals surface area contributed by atoms with Gasteiger partial charge < -0.3 is 10.0 Å². The average Bonchev–Trinajstić information content (AvgIpc) is 3.29. The van der Waals surface area contributed by atoms with Crippen molar-refractivity contribution in [3.05, 3.63) is 41.3 Å². The van der Waals surface area contributed by atoms with Gasteiger partial charge in [-0.1, -0.05) is 56.0 Å². The summed E-state index contributed by atoms with van der Waals surface area (Å²) in [6, 6.07) is 11.5. The number of rotatable bonds is 6. The van der Waals surface area contributed by atoms with Gasteiger partial charge in [0.25, 0.3) is 0 Å². The maximum Gasteiger partial charge on any atom is 0.348 e. The monoisotopic (exact) mass is 357 g/mol. The van der Waals surface area contributed by atoms with Gasteiger partial charge in [-0.25, -0.2) is 4.79 Å². The van der Waals surface area contributed by atoms with E-state index in [-0.39, 0.29) is 10.8 Å². The lowest BCUT2D eigenvalue weighted by molar-refractivity contribution is -0.118. The lowest BCUT2D eigenvalue weighted by atomic mass is 10.0. The summed E-state index contributed by atoms with van der Waals surface area (Å²) in [5.74, 6) is -0.344. The largest absolute Gasteiger partial charge is 0.477 e. The number of carbonyl (C=O) groups is 2. The van der Waals surface area contributed by atoms with E-state index in [1.807, 2.05) is 36.4 Å². The zero-order valence-electron chi connectivity index (χ0n) is 14.4. The van der Waals surface area contributed by atoms with Crippen molar-refractivity contribution in [1.29, 1.82) is 0 Å². The van der Waals surface area contributed by atoms with Crippen LogP contribution in [0.25, 0.3) is 10.4 Å². The normalized spacial score (nSPS) is 14.6. The highest BCUT2D eigenvalue weighted by Gasteiger charge is 2.24. The fourth-order valence-corrected chi connectivity index (χ4v) is 4.49. The van der Waals surface area contributed by atoms with Crippen LogP contribution in [0.2, 0.25) is 0 Å². The van der Waals surface area contributed by atoms with Crippen molar-refractivity contribution in [2.24, 2.45) is 5.92 Å². The number of amides is 1. The standard InChI is InChI=1S/C20H23NO3S/c1-21(18(22)12-11-14-7-5-6-8-14)16-13-17(25-19(16)20(23)24)15-9-3-2-4-10-15/h2-4,9-10,13-14H,5-8,11-12H2,1H3,(H,23,24). The van der Waals surface area contributed by atoms with E-state index >= 15 is 0 Å². The smallest absolute Gasteiger partial charge is 0.348 e. The molecule has 0 radical (unpaired) electrons. The van der Waals surface area contributed by atoms with E-state index in [0.717, 1.165) is 16.9 Å². The molecule has 0 spiro atoms. The van der Waals surface area contributed by atoms with Gasteiger partial charge in [0.1, 0.15) is 4.88 Å². The Labute approximate surface area is 152 Å². The van der Waals surface area contributed by atoms with Gasteiger partial charge >= 0.3 is 5.97 Å². The molecule has 1 amide bonds. The van der Waals surface area contributed by atoms with E-state index in [2.05, 4.69) is 0 Å². The maximum atomic E-state index is 12.6. The second-order valence-corrected chi connectivity index (χ2v) is 7.69. The van der Waals surface area contributed by atoms with Crippen molar-refractivity contribution >= 4 is 28.9 Å². The van der Waals surface area contributed by atoms with Crippen LogP contribution in [0.5, 0.6) is 0 Å². The number of aromatic carboxylic acids is 1. The molecule has 1 aromatic heterocycles. The van der Waals surface area contributed by atoms with Gasteiger partial charge in [-0.15, -0.1) is 11.3 Å². The summed E-state index contributed by atoms with van der Waals surface area (Å²) in [6.07, 6.45) is 6.35. The van der Waals surface area contributed by atoms with E-state index < -0.39 is 5.97 Å². The summed E-state index contributed by atoms with van der Waals surface area (Å²) in [4.78, 5) is 26.8. The Morgan fingerprint density at radius 2 is 1.88 bits per heavy atom. The summed E-state index contributed by atoms with van der Waals surface area (Å²) in [5, 5.41) is 9.53. The molecule has 1 heterocycles. The predicted molar refractivity (Wildman–Crippen MR) is 101 cm³/mol. The fourth-order valence-electron chi connectivity index (χ4n) is 3.46. The minimum absolute atomic E-state index is 0.00758. The van der Waals surface area contributed by atoms with Crippen molar-refractivity contribution in [1.82, 2.24) is 0 Å². The zero-order valence-corrected chi connectivity index (χ0v) is 15.2.